The minimum Gasteiger partial charge on any atom is -0.497 e. The number of hydrogen-bond acceptors (Lipinski definition) is 4. The third kappa shape index (κ3) is 3.22. The number of hydrogen-bond donors (Lipinski definition) is 2. The van der Waals surface area contributed by atoms with Gasteiger partial charge < -0.3 is 15.8 Å². The zero-order valence-electron chi connectivity index (χ0n) is 13.0. The average molecular weight is 330 g/mol. The van der Waals surface area contributed by atoms with Crippen LogP contribution >= 0.6 is 11.3 Å². The zero-order chi connectivity index (χ0) is 16.6. The van der Waals surface area contributed by atoms with Crippen LogP contribution in [-0.2, 0) is 4.79 Å². The molecular formula is C17H18N2O3S. The SMILES string of the molecule is COc1ccc(C2CC2C(=O)Nc2sc(C)cc2C(N)=O)cc1. The van der Waals surface area contributed by atoms with Crippen molar-refractivity contribution in [1.29, 1.82) is 0 Å². The molecule has 1 aliphatic rings. The second kappa shape index (κ2) is 6.04. The van der Waals surface area contributed by atoms with Crippen LogP contribution in [0.2, 0.25) is 0 Å². The number of thiophene rings is 1. The van der Waals surface area contributed by atoms with Crippen molar-refractivity contribution in [3.8, 4) is 5.75 Å². The van der Waals surface area contributed by atoms with E-state index >= 15 is 0 Å². The molecule has 2 atom stereocenters. The van der Waals surface area contributed by atoms with Gasteiger partial charge in [0, 0.05) is 10.8 Å². The molecular weight excluding hydrogens is 312 g/mol. The van der Waals surface area contributed by atoms with Crippen LogP contribution in [-0.4, -0.2) is 18.9 Å². The molecule has 1 aliphatic carbocycles. The summed E-state index contributed by atoms with van der Waals surface area (Å²) in [7, 11) is 1.63. The van der Waals surface area contributed by atoms with Crippen LogP contribution in [0.1, 0.15) is 33.1 Å². The van der Waals surface area contributed by atoms with Crippen molar-refractivity contribution >= 4 is 28.2 Å². The highest BCUT2D eigenvalue weighted by Crippen LogP contribution is 2.48. The van der Waals surface area contributed by atoms with Crippen molar-refractivity contribution < 1.29 is 14.3 Å². The van der Waals surface area contributed by atoms with E-state index in [0.717, 1.165) is 22.6 Å². The highest BCUT2D eigenvalue weighted by molar-refractivity contribution is 7.16. The second-order valence-electron chi connectivity index (χ2n) is 5.68. The predicted octanol–water partition coefficient (Wildman–Crippen LogP) is 2.91. The van der Waals surface area contributed by atoms with Crippen LogP contribution in [0.5, 0.6) is 5.75 Å². The summed E-state index contributed by atoms with van der Waals surface area (Å²) >= 11 is 1.37. The molecule has 0 radical (unpaired) electrons. The molecule has 3 N–H and O–H groups in total. The maximum atomic E-state index is 12.4. The van der Waals surface area contributed by atoms with Gasteiger partial charge in [-0.3, -0.25) is 9.59 Å². The number of nitrogens with one attached hydrogen (secondary N) is 1. The Labute approximate surface area is 138 Å². The maximum absolute atomic E-state index is 12.4. The quantitative estimate of drug-likeness (QED) is 0.884. The van der Waals surface area contributed by atoms with Crippen LogP contribution in [0.4, 0.5) is 5.00 Å². The summed E-state index contributed by atoms with van der Waals surface area (Å²) in [5, 5.41) is 3.39. The topological polar surface area (TPSA) is 81.4 Å². The monoisotopic (exact) mass is 330 g/mol. The van der Waals surface area contributed by atoms with Gasteiger partial charge in [0.05, 0.1) is 12.7 Å². The Hall–Kier alpha value is -2.34. The molecule has 23 heavy (non-hydrogen) atoms. The van der Waals surface area contributed by atoms with E-state index in [0.29, 0.717) is 10.6 Å². The molecule has 3 rings (SSSR count). The number of nitrogens with two attached hydrogens (primary N) is 1. The molecule has 1 saturated carbocycles. The number of primary amides is 1. The lowest BCUT2D eigenvalue weighted by Crippen LogP contribution is -2.18. The van der Waals surface area contributed by atoms with Crippen LogP contribution in [0, 0.1) is 12.8 Å². The first-order valence-electron chi connectivity index (χ1n) is 7.34. The molecule has 6 heteroatoms. The second-order valence-corrected chi connectivity index (χ2v) is 6.93. The molecule has 0 bridgehead atoms. The maximum Gasteiger partial charge on any atom is 0.251 e. The number of benzene rings is 1. The molecule has 120 valence electrons. The molecule has 0 aliphatic heterocycles. The van der Waals surface area contributed by atoms with Gasteiger partial charge in [0.25, 0.3) is 5.91 Å². The number of carbonyl (C=O) groups excluding carboxylic acids is 2. The highest BCUT2D eigenvalue weighted by atomic mass is 32.1. The van der Waals surface area contributed by atoms with E-state index in [9.17, 15) is 9.59 Å². The van der Waals surface area contributed by atoms with Crippen molar-refractivity contribution in [2.24, 2.45) is 11.7 Å². The van der Waals surface area contributed by atoms with Crippen molar-refractivity contribution in [2.45, 2.75) is 19.3 Å². The Bertz CT molecular complexity index is 752. The normalized spacial score (nSPS) is 19.2. The lowest BCUT2D eigenvalue weighted by atomic mass is 10.1. The van der Waals surface area contributed by atoms with Gasteiger partial charge in [-0.1, -0.05) is 12.1 Å². The van der Waals surface area contributed by atoms with Crippen molar-refractivity contribution in [3.63, 3.8) is 0 Å². The number of amides is 2. The first-order chi connectivity index (χ1) is 11.0. The Morgan fingerprint density at radius 2 is 2.00 bits per heavy atom. The minimum absolute atomic E-state index is 0.0600. The lowest BCUT2D eigenvalue weighted by molar-refractivity contribution is -0.117. The summed E-state index contributed by atoms with van der Waals surface area (Å²) in [6.45, 7) is 1.88. The van der Waals surface area contributed by atoms with Gasteiger partial charge in [-0.15, -0.1) is 11.3 Å². The summed E-state index contributed by atoms with van der Waals surface area (Å²) < 4.78 is 5.14. The van der Waals surface area contributed by atoms with Crippen molar-refractivity contribution in [2.75, 3.05) is 12.4 Å². The summed E-state index contributed by atoms with van der Waals surface area (Å²) in [4.78, 5) is 24.7. The average Bonchev–Trinajstić information content (AvgIpc) is 3.25. The molecule has 1 aromatic heterocycles. The molecule has 2 unspecified atom stereocenters. The summed E-state index contributed by atoms with van der Waals surface area (Å²) in [5.74, 6) is 0.378. The summed E-state index contributed by atoms with van der Waals surface area (Å²) in [6, 6.07) is 9.48. The van der Waals surface area contributed by atoms with Crippen molar-refractivity contribution in [3.05, 3.63) is 46.3 Å². The van der Waals surface area contributed by atoms with Crippen LogP contribution < -0.4 is 15.8 Å². The summed E-state index contributed by atoms with van der Waals surface area (Å²) in [5.41, 5.74) is 6.85. The first-order valence-corrected chi connectivity index (χ1v) is 8.16. The van der Waals surface area contributed by atoms with E-state index in [-0.39, 0.29) is 17.7 Å². The highest BCUT2D eigenvalue weighted by Gasteiger charge is 2.44. The molecule has 0 saturated heterocycles. The van der Waals surface area contributed by atoms with Gasteiger partial charge in [0.1, 0.15) is 10.8 Å². The van der Waals surface area contributed by atoms with E-state index in [1.54, 1.807) is 13.2 Å². The lowest BCUT2D eigenvalue weighted by Gasteiger charge is -2.05. The van der Waals surface area contributed by atoms with Gasteiger partial charge in [-0.25, -0.2) is 0 Å². The van der Waals surface area contributed by atoms with Gasteiger partial charge in [-0.2, -0.15) is 0 Å². The fraction of sp³-hybridized carbons (Fsp3) is 0.294. The first kappa shape index (κ1) is 15.6. The third-order valence-corrected chi connectivity index (χ3v) is 4.99. The molecule has 1 aromatic carbocycles. The molecule has 2 amide bonds. The van der Waals surface area contributed by atoms with Crippen molar-refractivity contribution in [1.82, 2.24) is 0 Å². The standard InChI is InChI=1S/C17H18N2O3S/c1-9-7-14(15(18)20)17(23-9)19-16(21)13-8-12(13)10-3-5-11(22-2)6-4-10/h3-7,12-13H,8H2,1-2H3,(H2,18,20)(H,19,21). The summed E-state index contributed by atoms with van der Waals surface area (Å²) in [6.07, 6.45) is 0.814. The smallest absolute Gasteiger partial charge is 0.251 e. The Kier molecular flexibility index (Phi) is 4.09. The number of carbonyl (C=O) groups is 2. The number of anilines is 1. The fourth-order valence-corrected chi connectivity index (χ4v) is 3.62. The fourth-order valence-electron chi connectivity index (χ4n) is 2.70. The number of aryl methyl sites for hydroxylation is 1. The molecule has 0 spiro atoms. The third-order valence-electron chi connectivity index (χ3n) is 4.03. The van der Waals surface area contributed by atoms with E-state index in [1.807, 2.05) is 31.2 Å². The molecule has 1 heterocycles. The zero-order valence-corrected chi connectivity index (χ0v) is 13.8. The largest absolute Gasteiger partial charge is 0.497 e. The Balaban J connectivity index is 1.67. The minimum atomic E-state index is -0.521. The number of ether oxygens (including phenoxy) is 1. The van der Waals surface area contributed by atoms with E-state index in [1.165, 1.54) is 11.3 Å². The van der Waals surface area contributed by atoms with Gasteiger partial charge in [0.15, 0.2) is 0 Å². The molecule has 2 aromatic rings. The van der Waals surface area contributed by atoms with Gasteiger partial charge in [0.2, 0.25) is 5.91 Å². The van der Waals surface area contributed by atoms with Crippen LogP contribution in [0.3, 0.4) is 0 Å². The van der Waals surface area contributed by atoms with Gasteiger partial charge in [-0.05, 0) is 43.0 Å². The van der Waals surface area contributed by atoms with Gasteiger partial charge >= 0.3 is 0 Å². The van der Waals surface area contributed by atoms with E-state index < -0.39 is 5.91 Å². The predicted molar refractivity (Wildman–Crippen MR) is 90.0 cm³/mol. The number of rotatable bonds is 5. The number of methoxy groups -OCH3 is 1. The van der Waals surface area contributed by atoms with Crippen LogP contribution in [0.15, 0.2) is 30.3 Å². The van der Waals surface area contributed by atoms with E-state index in [4.69, 9.17) is 10.5 Å². The molecule has 5 nitrogen and oxygen atoms in total. The Morgan fingerprint density at radius 3 is 2.61 bits per heavy atom. The molecule has 1 fully saturated rings. The Morgan fingerprint density at radius 1 is 1.30 bits per heavy atom. The van der Waals surface area contributed by atoms with E-state index in [2.05, 4.69) is 5.32 Å². The van der Waals surface area contributed by atoms with Crippen LogP contribution in [0.25, 0.3) is 0 Å².